The van der Waals surface area contributed by atoms with Crippen molar-refractivity contribution >= 4 is 5.90 Å². The van der Waals surface area contributed by atoms with E-state index in [1.165, 1.54) is 0 Å². The maximum atomic E-state index is 5.15. The minimum absolute atomic E-state index is 0.102. The van der Waals surface area contributed by atoms with Gasteiger partial charge in [0.1, 0.15) is 6.04 Å². The van der Waals surface area contributed by atoms with E-state index < -0.39 is 0 Å². The summed E-state index contributed by atoms with van der Waals surface area (Å²) in [6.07, 6.45) is 1.62. The number of methoxy groups -OCH3 is 2. The molecule has 0 saturated heterocycles. The summed E-state index contributed by atoms with van der Waals surface area (Å²) in [7, 11) is 3.24. The maximum absolute atomic E-state index is 5.15. The molecule has 0 unspecified atom stereocenters. The first-order chi connectivity index (χ1) is 6.19. The molecule has 1 aliphatic heterocycles. The number of ether oxygens (including phenoxy) is 2. The highest BCUT2D eigenvalue weighted by atomic mass is 16.5. The van der Waals surface area contributed by atoms with E-state index in [1.54, 1.807) is 20.4 Å². The van der Waals surface area contributed by atoms with Gasteiger partial charge in [-0.15, -0.1) is 0 Å². The smallest absolute Gasteiger partial charge is 0.211 e. The summed E-state index contributed by atoms with van der Waals surface area (Å²) in [4.78, 5) is 4.15. The molecule has 0 fully saturated rings. The molecule has 0 spiro atoms. The molecule has 0 amide bonds. The van der Waals surface area contributed by atoms with Crippen molar-refractivity contribution in [2.75, 3.05) is 14.2 Å². The van der Waals surface area contributed by atoms with E-state index in [0.717, 1.165) is 0 Å². The van der Waals surface area contributed by atoms with E-state index in [-0.39, 0.29) is 6.04 Å². The van der Waals surface area contributed by atoms with E-state index in [1.807, 2.05) is 0 Å². The van der Waals surface area contributed by atoms with E-state index in [0.29, 0.717) is 17.7 Å². The van der Waals surface area contributed by atoms with Crippen LogP contribution in [0.1, 0.15) is 13.8 Å². The molecule has 1 aliphatic rings. The molecule has 4 heteroatoms. The van der Waals surface area contributed by atoms with Gasteiger partial charge < -0.3 is 14.8 Å². The van der Waals surface area contributed by atoms with E-state index in [9.17, 15) is 0 Å². The molecule has 0 saturated carbocycles. The monoisotopic (exact) mass is 184 g/mol. The highest BCUT2D eigenvalue weighted by Crippen LogP contribution is 2.12. The quantitative estimate of drug-likeness (QED) is 0.699. The molecule has 0 bridgehead atoms. The summed E-state index contributed by atoms with van der Waals surface area (Å²) >= 11 is 0. The predicted octanol–water partition coefficient (Wildman–Crippen LogP) is 1.10. The largest absolute Gasteiger partial charge is 0.483 e. The topological polar surface area (TPSA) is 42.9 Å². The zero-order valence-corrected chi connectivity index (χ0v) is 8.50. The number of nitrogens with zero attached hydrogens (tertiary/aromatic N) is 1. The fourth-order valence-corrected chi connectivity index (χ4v) is 1.20. The molecule has 0 aliphatic carbocycles. The van der Waals surface area contributed by atoms with Crippen LogP contribution in [0.5, 0.6) is 0 Å². The first-order valence-electron chi connectivity index (χ1n) is 4.31. The van der Waals surface area contributed by atoms with Crippen molar-refractivity contribution in [1.29, 1.82) is 0 Å². The number of hydrogen-bond acceptors (Lipinski definition) is 4. The van der Waals surface area contributed by atoms with E-state index in [2.05, 4.69) is 24.2 Å². The summed E-state index contributed by atoms with van der Waals surface area (Å²) < 4.78 is 10.2. The van der Waals surface area contributed by atoms with Gasteiger partial charge in [0.2, 0.25) is 11.8 Å². The Labute approximate surface area is 78.6 Å². The van der Waals surface area contributed by atoms with Gasteiger partial charge in [-0.3, -0.25) is 0 Å². The van der Waals surface area contributed by atoms with Crippen molar-refractivity contribution in [3.63, 3.8) is 0 Å². The van der Waals surface area contributed by atoms with Crippen LogP contribution in [0.15, 0.2) is 17.1 Å². The molecular weight excluding hydrogens is 168 g/mol. The summed E-state index contributed by atoms with van der Waals surface area (Å²) in [6, 6.07) is 0.102. The minimum Gasteiger partial charge on any atom is -0.483 e. The molecule has 0 aromatic carbocycles. The first-order valence-corrected chi connectivity index (χ1v) is 4.31. The fourth-order valence-electron chi connectivity index (χ4n) is 1.20. The molecule has 1 rings (SSSR count). The average molecular weight is 184 g/mol. The first kappa shape index (κ1) is 9.89. The second-order valence-electron chi connectivity index (χ2n) is 3.23. The summed E-state index contributed by atoms with van der Waals surface area (Å²) in [6.45, 7) is 4.20. The van der Waals surface area contributed by atoms with Crippen LogP contribution in [0.3, 0.4) is 0 Å². The zero-order chi connectivity index (χ0) is 9.84. The molecule has 13 heavy (non-hydrogen) atoms. The maximum Gasteiger partial charge on any atom is 0.211 e. The van der Waals surface area contributed by atoms with Crippen molar-refractivity contribution in [1.82, 2.24) is 5.32 Å². The van der Waals surface area contributed by atoms with Gasteiger partial charge in [-0.25, -0.2) is 4.99 Å². The van der Waals surface area contributed by atoms with Crippen LogP contribution in [0.4, 0.5) is 0 Å². The average Bonchev–Trinajstić information content (AvgIpc) is 2.16. The lowest BCUT2D eigenvalue weighted by Crippen LogP contribution is -2.43. The molecule has 0 aromatic heterocycles. The summed E-state index contributed by atoms with van der Waals surface area (Å²) in [5.41, 5.74) is 0. The van der Waals surface area contributed by atoms with Crippen molar-refractivity contribution < 1.29 is 9.47 Å². The van der Waals surface area contributed by atoms with Crippen LogP contribution < -0.4 is 5.32 Å². The highest BCUT2D eigenvalue weighted by molar-refractivity contribution is 5.83. The van der Waals surface area contributed by atoms with E-state index in [4.69, 9.17) is 9.47 Å². The SMILES string of the molecule is COC1=CN=C(OC)[C@H](C(C)C)N1. The minimum atomic E-state index is 0.102. The Morgan fingerprint density at radius 1 is 1.38 bits per heavy atom. The Bertz CT molecular complexity index is 234. The van der Waals surface area contributed by atoms with Crippen LogP contribution in [0.2, 0.25) is 0 Å². The Morgan fingerprint density at radius 3 is 2.54 bits per heavy atom. The number of aliphatic imine (C=N–C) groups is 1. The number of rotatable bonds is 2. The molecule has 1 heterocycles. The third kappa shape index (κ3) is 2.14. The normalized spacial score (nSPS) is 21.8. The standard InChI is InChI=1S/C9H16N2O2/c1-6(2)8-9(13-4)10-5-7(11-8)12-3/h5-6,8,11H,1-4H3/t8-/m0/s1. The van der Waals surface area contributed by atoms with Crippen LogP contribution in [0, 0.1) is 5.92 Å². The zero-order valence-electron chi connectivity index (χ0n) is 8.50. The number of hydrogen-bond donors (Lipinski definition) is 1. The van der Waals surface area contributed by atoms with Gasteiger partial charge in [0.15, 0.2) is 0 Å². The summed E-state index contributed by atoms with van der Waals surface area (Å²) in [5, 5.41) is 3.19. The van der Waals surface area contributed by atoms with Gasteiger partial charge in [-0.05, 0) is 5.92 Å². The summed E-state index contributed by atoms with van der Waals surface area (Å²) in [5.74, 6) is 1.80. The molecule has 1 N–H and O–H groups in total. The Morgan fingerprint density at radius 2 is 2.08 bits per heavy atom. The molecule has 1 atom stereocenters. The van der Waals surface area contributed by atoms with Crippen LogP contribution in [-0.2, 0) is 9.47 Å². The molecule has 4 nitrogen and oxygen atoms in total. The van der Waals surface area contributed by atoms with Crippen molar-refractivity contribution in [3.8, 4) is 0 Å². The van der Waals surface area contributed by atoms with Crippen LogP contribution >= 0.6 is 0 Å². The Balaban J connectivity index is 2.77. The molecular formula is C9H16N2O2. The van der Waals surface area contributed by atoms with Gasteiger partial charge >= 0.3 is 0 Å². The molecule has 0 radical (unpaired) electrons. The lowest BCUT2D eigenvalue weighted by molar-refractivity contribution is 0.234. The van der Waals surface area contributed by atoms with E-state index >= 15 is 0 Å². The van der Waals surface area contributed by atoms with Crippen LogP contribution in [-0.4, -0.2) is 26.2 Å². The lowest BCUT2D eigenvalue weighted by Gasteiger charge is -2.26. The number of nitrogens with one attached hydrogen (secondary N) is 1. The highest BCUT2D eigenvalue weighted by Gasteiger charge is 2.24. The third-order valence-electron chi connectivity index (χ3n) is 1.97. The fraction of sp³-hybridized carbons (Fsp3) is 0.667. The lowest BCUT2D eigenvalue weighted by atomic mass is 10.0. The van der Waals surface area contributed by atoms with Crippen LogP contribution in [0.25, 0.3) is 0 Å². The Hall–Kier alpha value is -1.19. The van der Waals surface area contributed by atoms with Gasteiger partial charge in [0.05, 0.1) is 20.4 Å². The molecule has 74 valence electrons. The Kier molecular flexibility index (Phi) is 3.17. The second-order valence-corrected chi connectivity index (χ2v) is 3.23. The van der Waals surface area contributed by atoms with Gasteiger partial charge in [0, 0.05) is 0 Å². The predicted molar refractivity (Wildman–Crippen MR) is 51.3 cm³/mol. The van der Waals surface area contributed by atoms with Crippen molar-refractivity contribution in [2.24, 2.45) is 10.9 Å². The second kappa shape index (κ2) is 4.16. The molecule has 0 aromatic rings. The van der Waals surface area contributed by atoms with Crippen molar-refractivity contribution in [3.05, 3.63) is 12.1 Å². The van der Waals surface area contributed by atoms with Gasteiger partial charge in [0.25, 0.3) is 0 Å². The van der Waals surface area contributed by atoms with Crippen molar-refractivity contribution in [2.45, 2.75) is 19.9 Å². The third-order valence-corrected chi connectivity index (χ3v) is 1.97. The van der Waals surface area contributed by atoms with Gasteiger partial charge in [-0.2, -0.15) is 0 Å². The van der Waals surface area contributed by atoms with Gasteiger partial charge in [-0.1, -0.05) is 13.8 Å².